The lowest BCUT2D eigenvalue weighted by atomic mass is 10.1. The molecule has 0 unspecified atom stereocenters. The van der Waals surface area contributed by atoms with Crippen molar-refractivity contribution in [3.05, 3.63) is 54.2 Å². The molecule has 9 nitrogen and oxygen atoms in total. The molecule has 0 radical (unpaired) electrons. The van der Waals surface area contributed by atoms with Crippen LogP contribution in [0.5, 0.6) is 11.5 Å². The predicted molar refractivity (Wildman–Crippen MR) is 117 cm³/mol. The van der Waals surface area contributed by atoms with Crippen molar-refractivity contribution >= 4 is 23.3 Å². The van der Waals surface area contributed by atoms with Crippen LogP contribution in [0.2, 0.25) is 0 Å². The zero-order chi connectivity index (χ0) is 22.1. The normalized spacial score (nSPS) is 16.4. The summed E-state index contributed by atoms with van der Waals surface area (Å²) in [7, 11) is 1.59. The molecule has 0 saturated carbocycles. The number of benzene rings is 2. The molecule has 5 rings (SSSR count). The Balaban J connectivity index is 1.38. The number of aromatic nitrogens is 2. The molecule has 2 amide bonds. The van der Waals surface area contributed by atoms with Gasteiger partial charge in [0.2, 0.25) is 5.91 Å². The van der Waals surface area contributed by atoms with Crippen LogP contribution in [0.15, 0.2) is 48.5 Å². The molecule has 164 valence electrons. The van der Waals surface area contributed by atoms with Gasteiger partial charge in [0.15, 0.2) is 11.5 Å². The lowest BCUT2D eigenvalue weighted by Gasteiger charge is -2.19. The highest BCUT2D eigenvalue weighted by molar-refractivity contribution is 6.04. The third-order valence-electron chi connectivity index (χ3n) is 5.37. The van der Waals surface area contributed by atoms with Crippen LogP contribution in [0.4, 0.5) is 11.5 Å². The molecule has 3 heterocycles. The summed E-state index contributed by atoms with van der Waals surface area (Å²) in [5.74, 6) is 1.22. The van der Waals surface area contributed by atoms with Crippen molar-refractivity contribution < 1.29 is 23.8 Å². The lowest BCUT2D eigenvalue weighted by molar-refractivity contribution is -0.123. The van der Waals surface area contributed by atoms with E-state index in [1.54, 1.807) is 30.0 Å². The maximum atomic E-state index is 12.8. The van der Waals surface area contributed by atoms with Gasteiger partial charge in [-0.25, -0.2) is 4.68 Å². The van der Waals surface area contributed by atoms with Gasteiger partial charge in [-0.1, -0.05) is 30.3 Å². The monoisotopic (exact) mass is 434 g/mol. The molecule has 32 heavy (non-hydrogen) atoms. The van der Waals surface area contributed by atoms with Gasteiger partial charge in [0, 0.05) is 24.4 Å². The number of fused-ring (bicyclic) bond motifs is 2. The quantitative estimate of drug-likeness (QED) is 0.618. The maximum absolute atomic E-state index is 12.8. The van der Waals surface area contributed by atoms with E-state index in [1.165, 1.54) is 0 Å². The average molecular weight is 434 g/mol. The van der Waals surface area contributed by atoms with Crippen molar-refractivity contribution in [1.29, 1.82) is 0 Å². The molecule has 1 atom stereocenters. The number of hydrogen-bond acceptors (Lipinski definition) is 6. The van der Waals surface area contributed by atoms with Crippen molar-refractivity contribution in [3.8, 4) is 22.6 Å². The minimum Gasteiger partial charge on any atom is -0.486 e. The van der Waals surface area contributed by atoms with E-state index in [-0.39, 0.29) is 24.8 Å². The van der Waals surface area contributed by atoms with Gasteiger partial charge >= 0.3 is 0 Å². The van der Waals surface area contributed by atoms with Crippen LogP contribution in [-0.4, -0.2) is 41.9 Å². The van der Waals surface area contributed by atoms with Crippen LogP contribution < -0.4 is 20.1 Å². The minimum atomic E-state index is -0.754. The fourth-order valence-electron chi connectivity index (χ4n) is 3.97. The molecule has 2 aliphatic heterocycles. The smallest absolute Gasteiger partial charge is 0.251 e. The van der Waals surface area contributed by atoms with Crippen LogP contribution in [0.3, 0.4) is 0 Å². The highest BCUT2D eigenvalue weighted by Crippen LogP contribution is 2.39. The molecular formula is C23H22N4O5. The molecule has 3 aromatic rings. The SMILES string of the molecule is COCc1nn2c(c1-c1ccccc1)NC(=O)[C@H]2CC(=O)Nc1ccc2c(c1)OCCO2. The summed E-state index contributed by atoms with van der Waals surface area (Å²) in [6.07, 6.45) is -0.0599. The van der Waals surface area contributed by atoms with E-state index in [2.05, 4.69) is 15.7 Å². The van der Waals surface area contributed by atoms with Gasteiger partial charge in [0.05, 0.1) is 18.7 Å². The molecule has 2 aromatic carbocycles. The van der Waals surface area contributed by atoms with Gasteiger partial charge in [-0.3, -0.25) is 9.59 Å². The first-order chi connectivity index (χ1) is 15.6. The summed E-state index contributed by atoms with van der Waals surface area (Å²) < 4.78 is 17.9. The second kappa shape index (κ2) is 8.35. The fraction of sp³-hybridized carbons (Fsp3) is 0.261. The number of methoxy groups -OCH3 is 1. The van der Waals surface area contributed by atoms with E-state index in [4.69, 9.17) is 14.2 Å². The summed E-state index contributed by atoms with van der Waals surface area (Å²) in [5.41, 5.74) is 2.99. The molecule has 2 aliphatic rings. The summed E-state index contributed by atoms with van der Waals surface area (Å²) in [6.45, 7) is 1.25. The predicted octanol–water partition coefficient (Wildman–Crippen LogP) is 2.99. The van der Waals surface area contributed by atoms with Crippen molar-refractivity contribution in [2.75, 3.05) is 31.0 Å². The molecule has 2 N–H and O–H groups in total. The summed E-state index contributed by atoms with van der Waals surface area (Å²) >= 11 is 0. The minimum absolute atomic E-state index is 0.0599. The molecule has 1 aromatic heterocycles. The number of rotatable bonds is 6. The Kier molecular flexibility index (Phi) is 5.24. The molecule has 9 heteroatoms. The Morgan fingerprint density at radius 2 is 1.97 bits per heavy atom. The van der Waals surface area contributed by atoms with Gasteiger partial charge in [-0.15, -0.1) is 0 Å². The lowest BCUT2D eigenvalue weighted by Crippen LogP contribution is -2.24. The van der Waals surface area contributed by atoms with Gasteiger partial charge < -0.3 is 24.8 Å². The zero-order valence-electron chi connectivity index (χ0n) is 17.5. The van der Waals surface area contributed by atoms with Gasteiger partial charge in [0.25, 0.3) is 5.91 Å². The highest BCUT2D eigenvalue weighted by Gasteiger charge is 2.37. The average Bonchev–Trinajstić information content (AvgIpc) is 3.29. The van der Waals surface area contributed by atoms with Gasteiger partial charge in [-0.05, 0) is 17.7 Å². The van der Waals surface area contributed by atoms with E-state index >= 15 is 0 Å². The fourth-order valence-corrected chi connectivity index (χ4v) is 3.97. The number of nitrogens with one attached hydrogen (secondary N) is 2. The van der Waals surface area contributed by atoms with Gasteiger partial charge in [0.1, 0.15) is 25.1 Å². The van der Waals surface area contributed by atoms with Gasteiger partial charge in [-0.2, -0.15) is 5.10 Å². The van der Waals surface area contributed by atoms with Crippen molar-refractivity contribution in [2.45, 2.75) is 19.1 Å². The Morgan fingerprint density at radius 1 is 1.19 bits per heavy atom. The summed E-state index contributed by atoms with van der Waals surface area (Å²) in [5, 5.41) is 10.3. The molecule has 0 bridgehead atoms. The maximum Gasteiger partial charge on any atom is 0.251 e. The van der Waals surface area contributed by atoms with E-state index < -0.39 is 6.04 Å². The van der Waals surface area contributed by atoms with Crippen LogP contribution in [-0.2, 0) is 20.9 Å². The summed E-state index contributed by atoms with van der Waals surface area (Å²) in [6, 6.07) is 14.1. The number of anilines is 2. The highest BCUT2D eigenvalue weighted by atomic mass is 16.6. The van der Waals surface area contributed by atoms with Crippen LogP contribution in [0, 0.1) is 0 Å². The third-order valence-corrected chi connectivity index (χ3v) is 5.37. The summed E-state index contributed by atoms with van der Waals surface area (Å²) in [4.78, 5) is 25.5. The van der Waals surface area contributed by atoms with Crippen molar-refractivity contribution in [3.63, 3.8) is 0 Å². The van der Waals surface area contributed by atoms with E-state index in [9.17, 15) is 9.59 Å². The second-order valence-corrected chi connectivity index (χ2v) is 7.53. The van der Waals surface area contributed by atoms with Crippen molar-refractivity contribution in [1.82, 2.24) is 9.78 Å². The molecule has 0 saturated heterocycles. The van der Waals surface area contributed by atoms with E-state index in [0.717, 1.165) is 11.1 Å². The first-order valence-electron chi connectivity index (χ1n) is 10.3. The number of carbonyl (C=O) groups excluding carboxylic acids is 2. The Hall–Kier alpha value is -3.85. The number of carbonyl (C=O) groups is 2. The topological polar surface area (TPSA) is 104 Å². The second-order valence-electron chi connectivity index (χ2n) is 7.53. The third kappa shape index (κ3) is 3.67. The molecule has 0 fully saturated rings. The molecule has 0 aliphatic carbocycles. The molecule has 0 spiro atoms. The van der Waals surface area contributed by atoms with Crippen LogP contribution in [0.1, 0.15) is 18.2 Å². The number of ether oxygens (including phenoxy) is 3. The number of nitrogens with zero attached hydrogens (tertiary/aromatic N) is 2. The first-order valence-corrected chi connectivity index (χ1v) is 10.3. The Labute approximate surface area is 184 Å². The van der Waals surface area contributed by atoms with E-state index in [0.29, 0.717) is 41.9 Å². The van der Waals surface area contributed by atoms with Crippen LogP contribution in [0.25, 0.3) is 11.1 Å². The standard InChI is InChI=1S/C23H22N4O5/c1-30-13-16-21(14-5-3-2-4-6-14)22-25-23(29)17(27(22)26-16)12-20(28)24-15-7-8-18-19(11-15)32-10-9-31-18/h2-8,11,17H,9-10,12-13H2,1H3,(H,24,28)(H,25,29)/t17-/m1/s1. The van der Waals surface area contributed by atoms with E-state index in [1.807, 2.05) is 30.3 Å². The first kappa shape index (κ1) is 20.1. The van der Waals surface area contributed by atoms with Crippen molar-refractivity contribution in [2.24, 2.45) is 0 Å². The number of hydrogen-bond donors (Lipinski definition) is 2. The Bertz CT molecular complexity index is 1170. The number of amides is 2. The Morgan fingerprint density at radius 3 is 2.75 bits per heavy atom. The largest absolute Gasteiger partial charge is 0.486 e. The van der Waals surface area contributed by atoms with Crippen LogP contribution >= 0.6 is 0 Å². The zero-order valence-corrected chi connectivity index (χ0v) is 17.5. The molecular weight excluding hydrogens is 412 g/mol.